The molecule has 0 aliphatic carbocycles. The fourth-order valence-corrected chi connectivity index (χ4v) is 3.82. The number of carbonyl (C=O) groups is 1. The van der Waals surface area contributed by atoms with Gasteiger partial charge in [0.2, 0.25) is 0 Å². The van der Waals surface area contributed by atoms with Crippen LogP contribution in [0.25, 0.3) is 0 Å². The van der Waals surface area contributed by atoms with Gasteiger partial charge in [0.05, 0.1) is 0 Å². The Kier molecular flexibility index (Phi) is 3.64. The lowest BCUT2D eigenvalue weighted by Crippen LogP contribution is -2.02. The Hall–Kier alpha value is -1.94. The van der Waals surface area contributed by atoms with Crippen molar-refractivity contribution >= 4 is 17.5 Å². The van der Waals surface area contributed by atoms with E-state index in [9.17, 15) is 15.0 Å². The van der Waals surface area contributed by atoms with Crippen LogP contribution in [0, 0.1) is 0 Å². The van der Waals surface area contributed by atoms with Crippen LogP contribution in [0.1, 0.15) is 34.8 Å². The van der Waals surface area contributed by atoms with Gasteiger partial charge >= 0.3 is 0 Å². The Morgan fingerprint density at radius 2 is 1.95 bits per heavy atom. The van der Waals surface area contributed by atoms with Crippen molar-refractivity contribution in [2.24, 2.45) is 0 Å². The summed E-state index contributed by atoms with van der Waals surface area (Å²) in [5.74, 6) is -0.429. The van der Waals surface area contributed by atoms with Crippen molar-refractivity contribution in [3.8, 4) is 11.5 Å². The minimum atomic E-state index is -0.237. The lowest BCUT2D eigenvalue weighted by molar-refractivity contribution is 0.0982. The average molecular weight is 300 g/mol. The number of rotatable bonds is 2. The minimum absolute atomic E-state index is 0.0582. The largest absolute Gasteiger partial charge is 0.507 e. The molecule has 2 N–H and O–H groups in total. The third kappa shape index (κ3) is 2.40. The van der Waals surface area contributed by atoms with E-state index in [1.807, 2.05) is 18.2 Å². The molecular weight excluding hydrogens is 284 g/mol. The third-order valence-corrected chi connectivity index (χ3v) is 4.98. The van der Waals surface area contributed by atoms with Crippen LogP contribution >= 0.6 is 11.8 Å². The predicted molar refractivity (Wildman–Crippen MR) is 82.4 cm³/mol. The number of carbonyl (C=O) groups excluding carboxylic acids is 1. The summed E-state index contributed by atoms with van der Waals surface area (Å²) in [5, 5.41) is 20.5. The molecule has 1 aliphatic heterocycles. The first-order chi connectivity index (χ1) is 10.1. The van der Waals surface area contributed by atoms with E-state index in [1.54, 1.807) is 13.0 Å². The third-order valence-electron chi connectivity index (χ3n) is 3.78. The van der Waals surface area contributed by atoms with E-state index in [0.29, 0.717) is 6.42 Å². The molecule has 21 heavy (non-hydrogen) atoms. The van der Waals surface area contributed by atoms with Gasteiger partial charge in [-0.1, -0.05) is 36.9 Å². The normalized spacial score (nSPS) is 13.2. The molecule has 0 saturated heterocycles. The first-order valence-corrected chi connectivity index (χ1v) is 7.80. The standard InChI is InChI=1S/C17H16O3S/c1-2-12(18)16-13(19)9-15-11(17(16)20)8-7-10-5-3-4-6-14(10)21-15/h3-6,9,19-20H,2,7-8H2,1H3. The van der Waals surface area contributed by atoms with Crippen LogP contribution in [0.3, 0.4) is 0 Å². The highest BCUT2D eigenvalue weighted by Gasteiger charge is 2.24. The second-order valence-corrected chi connectivity index (χ2v) is 6.17. The molecule has 0 bridgehead atoms. The summed E-state index contributed by atoms with van der Waals surface area (Å²) in [6.07, 6.45) is 1.73. The molecule has 0 aromatic heterocycles. The molecule has 3 nitrogen and oxygen atoms in total. The molecule has 0 fully saturated rings. The van der Waals surface area contributed by atoms with Gasteiger partial charge in [-0.25, -0.2) is 0 Å². The highest BCUT2D eigenvalue weighted by Crippen LogP contribution is 2.44. The van der Waals surface area contributed by atoms with Crippen LogP contribution in [0.5, 0.6) is 11.5 Å². The number of hydrogen-bond donors (Lipinski definition) is 2. The summed E-state index contributed by atoms with van der Waals surface area (Å²) in [7, 11) is 0. The number of Topliss-reactive ketones (excluding diaryl/α,β-unsaturated/α-hetero) is 1. The first-order valence-electron chi connectivity index (χ1n) is 6.98. The van der Waals surface area contributed by atoms with E-state index in [0.717, 1.165) is 21.8 Å². The van der Waals surface area contributed by atoms with E-state index >= 15 is 0 Å². The topological polar surface area (TPSA) is 57.5 Å². The van der Waals surface area contributed by atoms with Gasteiger partial charge in [-0.05, 0) is 30.5 Å². The maximum absolute atomic E-state index is 11.9. The van der Waals surface area contributed by atoms with E-state index < -0.39 is 0 Å². The van der Waals surface area contributed by atoms with Crippen molar-refractivity contribution in [1.82, 2.24) is 0 Å². The molecule has 1 heterocycles. The summed E-state index contributed by atoms with van der Waals surface area (Å²) in [6, 6.07) is 9.69. The number of phenolic OH excluding ortho intramolecular Hbond substituents is 2. The summed E-state index contributed by atoms with van der Waals surface area (Å²) in [4.78, 5) is 13.9. The van der Waals surface area contributed by atoms with Crippen LogP contribution in [0.2, 0.25) is 0 Å². The van der Waals surface area contributed by atoms with Gasteiger partial charge in [0.15, 0.2) is 5.78 Å². The smallest absolute Gasteiger partial charge is 0.170 e. The fraction of sp³-hybridized carbons (Fsp3) is 0.235. The number of fused-ring (bicyclic) bond motifs is 2. The quantitative estimate of drug-likeness (QED) is 0.825. The van der Waals surface area contributed by atoms with Crippen LogP contribution in [-0.4, -0.2) is 16.0 Å². The lowest BCUT2D eigenvalue weighted by Gasteiger charge is -2.13. The van der Waals surface area contributed by atoms with Gasteiger partial charge in [-0.15, -0.1) is 0 Å². The predicted octanol–water partition coefficient (Wildman–Crippen LogP) is 3.94. The van der Waals surface area contributed by atoms with Gasteiger partial charge in [0.25, 0.3) is 0 Å². The summed E-state index contributed by atoms with van der Waals surface area (Å²) >= 11 is 1.53. The molecule has 3 rings (SSSR count). The van der Waals surface area contributed by atoms with Crippen molar-refractivity contribution in [2.45, 2.75) is 36.0 Å². The van der Waals surface area contributed by atoms with Gasteiger partial charge in [0, 0.05) is 21.8 Å². The maximum atomic E-state index is 11.9. The number of phenols is 2. The zero-order chi connectivity index (χ0) is 15.0. The summed E-state index contributed by atoms with van der Waals surface area (Å²) in [6.45, 7) is 1.72. The second kappa shape index (κ2) is 5.45. The molecule has 2 aromatic rings. The molecule has 0 radical (unpaired) electrons. The fourth-order valence-electron chi connectivity index (χ4n) is 2.64. The average Bonchev–Trinajstić information content (AvgIpc) is 2.66. The van der Waals surface area contributed by atoms with E-state index in [1.165, 1.54) is 17.3 Å². The maximum Gasteiger partial charge on any atom is 0.170 e. The van der Waals surface area contributed by atoms with Gasteiger partial charge in [0.1, 0.15) is 17.1 Å². The Labute approximate surface area is 127 Å². The zero-order valence-corrected chi connectivity index (χ0v) is 12.5. The molecule has 0 saturated carbocycles. The Morgan fingerprint density at radius 1 is 1.19 bits per heavy atom. The van der Waals surface area contributed by atoms with Crippen LogP contribution in [0.15, 0.2) is 40.1 Å². The lowest BCUT2D eigenvalue weighted by atomic mass is 9.98. The Bertz CT molecular complexity index is 722. The Balaban J connectivity index is 2.14. The molecule has 108 valence electrons. The van der Waals surface area contributed by atoms with Crippen LogP contribution in [-0.2, 0) is 12.8 Å². The highest BCUT2D eigenvalue weighted by molar-refractivity contribution is 7.99. The van der Waals surface area contributed by atoms with E-state index in [4.69, 9.17) is 0 Å². The number of benzene rings is 2. The molecular formula is C17H16O3S. The SMILES string of the molecule is CCC(=O)c1c(O)cc2c(c1O)CCc1ccccc1S2. The second-order valence-electron chi connectivity index (χ2n) is 5.08. The first kappa shape index (κ1) is 14.0. The number of ketones is 1. The Morgan fingerprint density at radius 3 is 2.71 bits per heavy atom. The molecule has 0 atom stereocenters. The number of aryl methyl sites for hydroxylation is 1. The summed E-state index contributed by atoms with van der Waals surface area (Å²) in [5.41, 5.74) is 2.04. The van der Waals surface area contributed by atoms with Crippen LogP contribution in [0.4, 0.5) is 0 Å². The molecule has 4 heteroatoms. The highest BCUT2D eigenvalue weighted by atomic mass is 32.2. The van der Waals surface area contributed by atoms with Gasteiger partial charge in [-0.3, -0.25) is 4.79 Å². The van der Waals surface area contributed by atoms with Gasteiger partial charge in [-0.2, -0.15) is 0 Å². The zero-order valence-electron chi connectivity index (χ0n) is 11.7. The van der Waals surface area contributed by atoms with Crippen molar-refractivity contribution in [1.29, 1.82) is 0 Å². The number of aromatic hydroxyl groups is 2. The van der Waals surface area contributed by atoms with E-state index in [-0.39, 0.29) is 29.3 Å². The minimum Gasteiger partial charge on any atom is -0.507 e. The van der Waals surface area contributed by atoms with Crippen molar-refractivity contribution < 1.29 is 15.0 Å². The van der Waals surface area contributed by atoms with Gasteiger partial charge < -0.3 is 10.2 Å². The van der Waals surface area contributed by atoms with Crippen LogP contribution < -0.4 is 0 Å². The number of hydrogen-bond acceptors (Lipinski definition) is 4. The van der Waals surface area contributed by atoms with Crippen molar-refractivity contribution in [2.75, 3.05) is 0 Å². The molecule has 0 spiro atoms. The summed E-state index contributed by atoms with van der Waals surface area (Å²) < 4.78 is 0. The molecule has 1 aliphatic rings. The van der Waals surface area contributed by atoms with Crippen molar-refractivity contribution in [3.05, 3.63) is 47.0 Å². The monoisotopic (exact) mass is 300 g/mol. The molecule has 0 unspecified atom stereocenters. The van der Waals surface area contributed by atoms with E-state index in [2.05, 4.69) is 6.07 Å². The van der Waals surface area contributed by atoms with Crippen molar-refractivity contribution in [3.63, 3.8) is 0 Å². The molecule has 0 amide bonds. The molecule has 2 aromatic carbocycles.